The first-order valence-corrected chi connectivity index (χ1v) is 6.39. The van der Waals surface area contributed by atoms with Gasteiger partial charge in [0.25, 0.3) is 0 Å². The van der Waals surface area contributed by atoms with Gasteiger partial charge < -0.3 is 10.0 Å². The van der Waals surface area contributed by atoms with E-state index in [-0.39, 0.29) is 19.0 Å². The average molecular weight is 289 g/mol. The number of tetrazole rings is 1. The third kappa shape index (κ3) is 4.68. The summed E-state index contributed by atoms with van der Waals surface area (Å²) >= 11 is 0. The molecule has 0 saturated heterocycles. The molecule has 2 aromatic rings. The minimum absolute atomic E-state index is 0.0743. The van der Waals surface area contributed by atoms with Gasteiger partial charge in [0.15, 0.2) is 0 Å². The summed E-state index contributed by atoms with van der Waals surface area (Å²) in [7, 11) is 0. The van der Waals surface area contributed by atoms with Gasteiger partial charge in [0, 0.05) is 6.54 Å². The Morgan fingerprint density at radius 2 is 2.00 bits per heavy atom. The highest BCUT2D eigenvalue weighted by molar-refractivity contribution is 5.81. The number of carboxylic acids is 1. The van der Waals surface area contributed by atoms with Crippen molar-refractivity contribution in [3.05, 3.63) is 42.2 Å². The van der Waals surface area contributed by atoms with E-state index in [1.165, 1.54) is 15.9 Å². The van der Waals surface area contributed by atoms with E-state index >= 15 is 0 Å². The van der Waals surface area contributed by atoms with Crippen LogP contribution in [-0.4, -0.2) is 55.2 Å². The molecule has 0 aliphatic carbocycles. The number of aromatic nitrogens is 4. The van der Waals surface area contributed by atoms with Crippen molar-refractivity contribution in [3.8, 4) is 0 Å². The molecule has 1 heterocycles. The second-order valence-electron chi connectivity index (χ2n) is 4.45. The first-order chi connectivity index (χ1) is 10.1. The summed E-state index contributed by atoms with van der Waals surface area (Å²) in [5, 5.41) is 19.4. The summed E-state index contributed by atoms with van der Waals surface area (Å²) in [6, 6.07) is 9.58. The van der Waals surface area contributed by atoms with Crippen LogP contribution in [0.3, 0.4) is 0 Å². The molecule has 1 N–H and O–H groups in total. The van der Waals surface area contributed by atoms with Crippen LogP contribution in [0.5, 0.6) is 0 Å². The van der Waals surface area contributed by atoms with Crippen molar-refractivity contribution < 1.29 is 14.7 Å². The van der Waals surface area contributed by atoms with E-state index in [4.69, 9.17) is 5.11 Å². The van der Waals surface area contributed by atoms with E-state index in [0.29, 0.717) is 13.0 Å². The van der Waals surface area contributed by atoms with E-state index in [9.17, 15) is 9.59 Å². The lowest BCUT2D eigenvalue weighted by Crippen LogP contribution is -2.39. The van der Waals surface area contributed by atoms with E-state index in [2.05, 4.69) is 15.5 Å². The molecule has 8 heteroatoms. The Labute approximate surface area is 121 Å². The third-order valence-electron chi connectivity index (χ3n) is 2.88. The van der Waals surface area contributed by atoms with Crippen molar-refractivity contribution in [1.29, 1.82) is 0 Å². The summed E-state index contributed by atoms with van der Waals surface area (Å²) in [5.74, 6) is -1.38. The van der Waals surface area contributed by atoms with Crippen molar-refractivity contribution in [2.45, 2.75) is 13.0 Å². The highest BCUT2D eigenvalue weighted by Crippen LogP contribution is 2.02. The van der Waals surface area contributed by atoms with Crippen LogP contribution < -0.4 is 0 Å². The summed E-state index contributed by atoms with van der Waals surface area (Å²) in [6.45, 7) is -0.0832. The second-order valence-corrected chi connectivity index (χ2v) is 4.45. The number of carbonyl (C=O) groups excluding carboxylic acids is 1. The molecule has 1 amide bonds. The van der Waals surface area contributed by atoms with Gasteiger partial charge >= 0.3 is 5.97 Å². The molecule has 0 aliphatic heterocycles. The maximum absolute atomic E-state index is 12.1. The van der Waals surface area contributed by atoms with Crippen LogP contribution in [0.1, 0.15) is 5.56 Å². The van der Waals surface area contributed by atoms with Crippen LogP contribution >= 0.6 is 0 Å². The minimum atomic E-state index is -1.05. The average Bonchev–Trinajstić information content (AvgIpc) is 2.97. The van der Waals surface area contributed by atoms with Crippen LogP contribution in [0.25, 0.3) is 0 Å². The van der Waals surface area contributed by atoms with Gasteiger partial charge in [-0.25, -0.2) is 4.68 Å². The van der Waals surface area contributed by atoms with E-state index in [0.717, 1.165) is 5.56 Å². The van der Waals surface area contributed by atoms with Crippen LogP contribution in [0.15, 0.2) is 36.7 Å². The Kier molecular flexibility index (Phi) is 4.97. The molecule has 8 nitrogen and oxygen atoms in total. The molecule has 0 spiro atoms. The van der Waals surface area contributed by atoms with Gasteiger partial charge in [-0.15, -0.1) is 5.10 Å². The molecule has 0 fully saturated rings. The van der Waals surface area contributed by atoms with E-state index in [1.807, 2.05) is 30.3 Å². The third-order valence-corrected chi connectivity index (χ3v) is 2.88. The summed E-state index contributed by atoms with van der Waals surface area (Å²) in [6.07, 6.45) is 1.91. The monoisotopic (exact) mass is 289 g/mol. The largest absolute Gasteiger partial charge is 0.480 e. The molecule has 0 atom stereocenters. The fourth-order valence-electron chi connectivity index (χ4n) is 1.86. The molecule has 21 heavy (non-hydrogen) atoms. The number of hydrogen-bond donors (Lipinski definition) is 1. The zero-order valence-corrected chi connectivity index (χ0v) is 11.3. The molecule has 0 saturated carbocycles. The highest BCUT2D eigenvalue weighted by atomic mass is 16.4. The van der Waals surface area contributed by atoms with Gasteiger partial charge in [0.2, 0.25) is 5.91 Å². The number of nitrogens with zero attached hydrogens (tertiary/aromatic N) is 5. The molecule has 0 bridgehead atoms. The van der Waals surface area contributed by atoms with Crippen molar-refractivity contribution in [2.24, 2.45) is 0 Å². The number of hydrogen-bond acceptors (Lipinski definition) is 5. The number of benzene rings is 1. The predicted molar refractivity (Wildman–Crippen MR) is 72.2 cm³/mol. The van der Waals surface area contributed by atoms with E-state index in [1.54, 1.807) is 0 Å². The Morgan fingerprint density at radius 3 is 2.62 bits per heavy atom. The van der Waals surface area contributed by atoms with Crippen LogP contribution in [0, 0.1) is 0 Å². The van der Waals surface area contributed by atoms with Gasteiger partial charge in [-0.3, -0.25) is 9.59 Å². The quantitative estimate of drug-likeness (QED) is 0.759. The second kappa shape index (κ2) is 7.13. The van der Waals surface area contributed by atoms with Gasteiger partial charge in [0.05, 0.1) is 0 Å². The Bertz CT molecular complexity index is 585. The molecular formula is C13H15N5O3. The molecule has 2 rings (SSSR count). The number of carboxylic acid groups (broad SMARTS) is 1. The summed E-state index contributed by atoms with van der Waals surface area (Å²) < 4.78 is 1.26. The lowest BCUT2D eigenvalue weighted by atomic mass is 10.1. The SMILES string of the molecule is O=C(O)CN(CCc1ccccc1)C(=O)Cn1cnnn1. The first kappa shape index (κ1) is 14.6. The zero-order chi connectivity index (χ0) is 15.1. The fraction of sp³-hybridized carbons (Fsp3) is 0.308. The summed E-state index contributed by atoms with van der Waals surface area (Å²) in [4.78, 5) is 24.3. The lowest BCUT2D eigenvalue weighted by molar-refractivity contribution is -0.144. The number of aliphatic carboxylic acids is 1. The summed E-state index contributed by atoms with van der Waals surface area (Å²) in [5.41, 5.74) is 1.04. The predicted octanol–water partition coefficient (Wildman–Crippen LogP) is -0.171. The standard InChI is InChI=1S/C13H15N5O3/c19-12(8-18-10-14-15-16-18)17(9-13(20)21)7-6-11-4-2-1-3-5-11/h1-5,10H,6-9H2,(H,20,21). The maximum atomic E-state index is 12.1. The molecule has 110 valence electrons. The van der Waals surface area contributed by atoms with Crippen molar-refractivity contribution in [3.63, 3.8) is 0 Å². The molecule has 1 aromatic carbocycles. The topological polar surface area (TPSA) is 101 Å². The van der Waals surface area contributed by atoms with E-state index < -0.39 is 5.97 Å². The number of carbonyl (C=O) groups is 2. The van der Waals surface area contributed by atoms with Gasteiger partial charge in [-0.05, 0) is 22.4 Å². The number of rotatable bonds is 7. The molecular weight excluding hydrogens is 274 g/mol. The Hall–Kier alpha value is -2.77. The first-order valence-electron chi connectivity index (χ1n) is 6.39. The van der Waals surface area contributed by atoms with Gasteiger partial charge in [0.1, 0.15) is 19.4 Å². The number of amides is 1. The highest BCUT2D eigenvalue weighted by Gasteiger charge is 2.17. The van der Waals surface area contributed by atoms with Crippen LogP contribution in [-0.2, 0) is 22.6 Å². The molecule has 1 aromatic heterocycles. The maximum Gasteiger partial charge on any atom is 0.323 e. The zero-order valence-electron chi connectivity index (χ0n) is 11.3. The van der Waals surface area contributed by atoms with Crippen LogP contribution in [0.2, 0.25) is 0 Å². The smallest absolute Gasteiger partial charge is 0.323 e. The van der Waals surface area contributed by atoms with Crippen molar-refractivity contribution in [2.75, 3.05) is 13.1 Å². The normalized spacial score (nSPS) is 10.3. The van der Waals surface area contributed by atoms with Crippen molar-refractivity contribution >= 4 is 11.9 Å². The van der Waals surface area contributed by atoms with Crippen molar-refractivity contribution in [1.82, 2.24) is 25.1 Å². The Morgan fingerprint density at radius 1 is 1.24 bits per heavy atom. The molecule has 0 radical (unpaired) electrons. The molecule has 0 aliphatic rings. The lowest BCUT2D eigenvalue weighted by Gasteiger charge is -2.20. The molecule has 0 unspecified atom stereocenters. The fourth-order valence-corrected chi connectivity index (χ4v) is 1.86. The van der Waals surface area contributed by atoms with Gasteiger partial charge in [-0.1, -0.05) is 30.3 Å². The van der Waals surface area contributed by atoms with Crippen LogP contribution in [0.4, 0.5) is 0 Å². The minimum Gasteiger partial charge on any atom is -0.480 e. The van der Waals surface area contributed by atoms with Gasteiger partial charge in [-0.2, -0.15) is 0 Å². The Balaban J connectivity index is 1.96.